The number of nitrogens with zero attached hydrogens (tertiary/aromatic N) is 2. The molecule has 9 nitrogen and oxygen atoms in total. The zero-order valence-electron chi connectivity index (χ0n) is 25.7. The van der Waals surface area contributed by atoms with E-state index in [-0.39, 0.29) is 46.3 Å². The van der Waals surface area contributed by atoms with Crippen molar-refractivity contribution in [1.29, 1.82) is 0 Å². The Balaban J connectivity index is 2.42. The van der Waals surface area contributed by atoms with Crippen molar-refractivity contribution in [1.82, 2.24) is 0 Å². The molecule has 0 bridgehead atoms. The third-order valence-corrected chi connectivity index (χ3v) is 9.32. The largest absolute Gasteiger partial charge is 0.396 e. The van der Waals surface area contributed by atoms with Gasteiger partial charge in [-0.1, -0.05) is 69.7 Å². The maximum atomic E-state index is 11.9. The molecule has 0 radical (unpaired) electrons. The minimum absolute atomic E-state index is 0.0640. The predicted octanol–water partition coefficient (Wildman–Crippen LogP) is 8.72. The van der Waals surface area contributed by atoms with Crippen LogP contribution in [-0.4, -0.2) is 44.5 Å². The second-order valence-corrected chi connectivity index (χ2v) is 14.1. The Morgan fingerprint density at radius 2 is 1.07 bits per heavy atom. The number of nitro benzene ring substituents is 2. The average Bonchev–Trinajstić information content (AvgIpc) is 2.92. The Morgan fingerprint density at radius 3 is 1.40 bits per heavy atom. The van der Waals surface area contributed by atoms with E-state index < -0.39 is 11.2 Å². The van der Waals surface area contributed by atoms with Gasteiger partial charge < -0.3 is 14.9 Å². The van der Waals surface area contributed by atoms with E-state index in [0.717, 1.165) is 38.5 Å². The van der Waals surface area contributed by atoms with Crippen molar-refractivity contribution in [2.75, 3.05) is 13.2 Å². The van der Waals surface area contributed by atoms with Crippen molar-refractivity contribution in [3.63, 3.8) is 0 Å². The summed E-state index contributed by atoms with van der Waals surface area (Å²) in [7, 11) is 0. The van der Waals surface area contributed by atoms with Crippen LogP contribution in [-0.2, 0) is 17.6 Å². The summed E-state index contributed by atoms with van der Waals surface area (Å²) in [4.78, 5) is 23.1. The van der Waals surface area contributed by atoms with Crippen LogP contribution < -0.4 is 0 Å². The van der Waals surface area contributed by atoms with Crippen molar-refractivity contribution in [3.05, 3.63) is 76.7 Å². The molecule has 0 aliphatic carbocycles. The van der Waals surface area contributed by atoms with Gasteiger partial charge in [0.05, 0.1) is 21.0 Å². The van der Waals surface area contributed by atoms with Crippen LogP contribution in [0.5, 0.6) is 0 Å². The van der Waals surface area contributed by atoms with Gasteiger partial charge in [-0.15, -0.1) is 0 Å². The van der Waals surface area contributed by atoms with E-state index in [1.807, 2.05) is 39.8 Å². The molecule has 2 N–H and O–H groups in total. The Kier molecular flexibility index (Phi) is 15.2. The highest BCUT2D eigenvalue weighted by atomic mass is 79.9. The fourth-order valence-corrected chi connectivity index (χ4v) is 6.58. The number of nitro groups is 2. The van der Waals surface area contributed by atoms with Crippen molar-refractivity contribution < 1.29 is 24.8 Å². The number of aliphatic hydroxyl groups excluding tert-OH is 2. The molecule has 2 unspecified atom stereocenters. The number of aliphatic hydroxyl groups is 2. The van der Waals surface area contributed by atoms with Gasteiger partial charge in [-0.2, -0.15) is 0 Å². The van der Waals surface area contributed by atoms with Crippen molar-refractivity contribution in [3.8, 4) is 0 Å². The Bertz CT molecular complexity index is 1110. The highest BCUT2D eigenvalue weighted by Crippen LogP contribution is 2.41. The lowest BCUT2D eigenvalue weighted by atomic mass is 9.77. The van der Waals surface area contributed by atoms with Crippen LogP contribution in [0.1, 0.15) is 90.2 Å². The number of halogens is 2. The van der Waals surface area contributed by atoms with E-state index in [4.69, 9.17) is 4.74 Å². The molecule has 0 saturated heterocycles. The Hall–Kier alpha value is -1.92. The lowest BCUT2D eigenvalue weighted by Gasteiger charge is -2.45. The zero-order chi connectivity index (χ0) is 32.2. The summed E-state index contributed by atoms with van der Waals surface area (Å²) in [5, 5.41) is 42.4. The SMILES string of the molecule is CC(C)(OC(C)(C)C(CCCCCO)Cc1ccc(Br)cc1[N+](=O)[O-])C(CCCCCO)Cc1ccc(Br)cc1[N+](=O)[O-]. The van der Waals surface area contributed by atoms with Crippen LogP contribution in [0.3, 0.4) is 0 Å². The first-order valence-corrected chi connectivity index (χ1v) is 16.6. The smallest absolute Gasteiger partial charge is 0.273 e. The molecule has 11 heteroatoms. The quantitative estimate of drug-likeness (QED) is 0.0790. The minimum Gasteiger partial charge on any atom is -0.396 e. The third kappa shape index (κ3) is 11.8. The van der Waals surface area contributed by atoms with Gasteiger partial charge in [0.15, 0.2) is 0 Å². The predicted molar refractivity (Wildman–Crippen MR) is 176 cm³/mol. The number of hydrogen-bond acceptors (Lipinski definition) is 7. The molecule has 0 amide bonds. The fourth-order valence-electron chi connectivity index (χ4n) is 5.88. The van der Waals surface area contributed by atoms with Gasteiger partial charge in [-0.05, 0) is 90.2 Å². The molecular formula is C32H46Br2N2O7. The summed E-state index contributed by atoms with van der Waals surface area (Å²) in [5.74, 6) is -0.134. The first-order chi connectivity index (χ1) is 20.2. The van der Waals surface area contributed by atoms with Crippen LogP contribution in [0, 0.1) is 32.1 Å². The molecule has 0 heterocycles. The molecule has 0 fully saturated rings. The second kappa shape index (κ2) is 17.5. The summed E-state index contributed by atoms with van der Waals surface area (Å²) >= 11 is 6.70. The van der Waals surface area contributed by atoms with E-state index >= 15 is 0 Å². The van der Waals surface area contributed by atoms with Crippen LogP contribution in [0.15, 0.2) is 45.3 Å². The van der Waals surface area contributed by atoms with Crippen molar-refractivity contribution in [2.45, 2.75) is 103 Å². The number of unbranched alkanes of at least 4 members (excludes halogenated alkanes) is 4. The molecule has 0 aliphatic rings. The van der Waals surface area contributed by atoms with E-state index in [0.29, 0.717) is 45.8 Å². The van der Waals surface area contributed by atoms with Gasteiger partial charge >= 0.3 is 0 Å². The number of ether oxygens (including phenoxy) is 1. The normalized spacial score (nSPS) is 13.6. The van der Waals surface area contributed by atoms with Crippen molar-refractivity contribution in [2.24, 2.45) is 11.8 Å². The second-order valence-electron chi connectivity index (χ2n) is 12.3. The van der Waals surface area contributed by atoms with E-state index in [1.165, 1.54) is 12.1 Å². The lowest BCUT2D eigenvalue weighted by molar-refractivity contribution is -0.385. The first kappa shape index (κ1) is 37.3. The summed E-state index contributed by atoms with van der Waals surface area (Å²) in [5.41, 5.74) is 0.0158. The van der Waals surface area contributed by atoms with Gasteiger partial charge in [0.25, 0.3) is 11.4 Å². The summed E-state index contributed by atoms with van der Waals surface area (Å²) in [6, 6.07) is 10.3. The summed E-state index contributed by atoms with van der Waals surface area (Å²) in [6.07, 6.45) is 7.18. The van der Waals surface area contributed by atoms with Gasteiger partial charge in [0, 0.05) is 45.4 Å². The summed E-state index contributed by atoms with van der Waals surface area (Å²) in [6.45, 7) is 8.36. The van der Waals surface area contributed by atoms with Crippen LogP contribution in [0.4, 0.5) is 11.4 Å². The standard InChI is InChI=1S/C32H46Br2N2O7/c1-31(2,25(11-7-5-9-17-37)19-23-13-15-27(33)21-29(23)35(39)40)43-32(3,4)26(12-8-6-10-18-38)20-24-14-16-28(34)22-30(24)36(41)42/h13-16,21-22,25-26,37-38H,5-12,17-20H2,1-4H3. The van der Waals surface area contributed by atoms with Gasteiger partial charge in [0.2, 0.25) is 0 Å². The highest BCUT2D eigenvalue weighted by Gasteiger charge is 2.41. The zero-order valence-corrected chi connectivity index (χ0v) is 28.9. The molecule has 0 saturated carbocycles. The van der Waals surface area contributed by atoms with Gasteiger partial charge in [-0.25, -0.2) is 0 Å². The van der Waals surface area contributed by atoms with Crippen LogP contribution in [0.25, 0.3) is 0 Å². The van der Waals surface area contributed by atoms with E-state index in [2.05, 4.69) is 31.9 Å². The maximum absolute atomic E-state index is 11.9. The highest BCUT2D eigenvalue weighted by molar-refractivity contribution is 9.10. The summed E-state index contributed by atoms with van der Waals surface area (Å²) < 4.78 is 8.29. The minimum atomic E-state index is -0.696. The number of rotatable bonds is 20. The van der Waals surface area contributed by atoms with Gasteiger partial charge in [0.1, 0.15) is 0 Å². The number of hydrogen-bond donors (Lipinski definition) is 2. The topological polar surface area (TPSA) is 136 Å². The average molecular weight is 731 g/mol. The fraction of sp³-hybridized carbons (Fsp3) is 0.625. The lowest BCUT2D eigenvalue weighted by Crippen LogP contribution is -2.47. The molecule has 2 atom stereocenters. The third-order valence-electron chi connectivity index (χ3n) is 8.33. The Morgan fingerprint density at radius 1 is 0.698 bits per heavy atom. The van der Waals surface area contributed by atoms with Crippen LogP contribution in [0.2, 0.25) is 0 Å². The molecule has 0 aromatic heterocycles. The first-order valence-electron chi connectivity index (χ1n) is 15.0. The molecule has 2 aromatic carbocycles. The van der Waals surface area contributed by atoms with E-state index in [9.17, 15) is 30.4 Å². The van der Waals surface area contributed by atoms with Gasteiger partial charge in [-0.3, -0.25) is 20.2 Å². The molecule has 2 aromatic rings. The molecule has 0 aliphatic heterocycles. The molecular weight excluding hydrogens is 684 g/mol. The van der Waals surface area contributed by atoms with E-state index in [1.54, 1.807) is 12.1 Å². The molecule has 240 valence electrons. The Labute approximate surface area is 272 Å². The monoisotopic (exact) mass is 728 g/mol. The number of benzene rings is 2. The molecule has 0 spiro atoms. The molecule has 43 heavy (non-hydrogen) atoms. The maximum Gasteiger partial charge on any atom is 0.273 e. The van der Waals surface area contributed by atoms with Crippen LogP contribution >= 0.6 is 31.9 Å². The van der Waals surface area contributed by atoms with Crippen molar-refractivity contribution >= 4 is 43.2 Å². The molecule has 2 rings (SSSR count).